The molecule has 0 saturated heterocycles. The smallest absolute Gasteiger partial charge is 0.128 e. The summed E-state index contributed by atoms with van der Waals surface area (Å²) in [6.07, 6.45) is 1.23. The predicted octanol–water partition coefficient (Wildman–Crippen LogP) is 3.87. The van der Waals surface area contributed by atoms with Crippen molar-refractivity contribution < 1.29 is 14.3 Å². The Kier molecular flexibility index (Phi) is 4.36. The first-order chi connectivity index (χ1) is 9.19. The summed E-state index contributed by atoms with van der Waals surface area (Å²) in [5, 5.41) is 12.0. The fourth-order valence-corrected chi connectivity index (χ4v) is 1.78. The molecule has 0 aliphatic heterocycles. The van der Waals surface area contributed by atoms with Crippen molar-refractivity contribution in [3.63, 3.8) is 0 Å². The molecule has 0 fully saturated rings. The van der Waals surface area contributed by atoms with Crippen LogP contribution in [0.5, 0.6) is 5.75 Å². The Bertz CT molecular complexity index is 602. The van der Waals surface area contributed by atoms with Crippen LogP contribution in [0.4, 0.5) is 4.39 Å². The van der Waals surface area contributed by atoms with E-state index in [4.69, 9.17) is 21.5 Å². The third-order valence-electron chi connectivity index (χ3n) is 2.45. The Morgan fingerprint density at radius 2 is 2.11 bits per heavy atom. The van der Waals surface area contributed by atoms with Gasteiger partial charge in [0.25, 0.3) is 0 Å². The molecule has 0 heterocycles. The molecule has 0 aromatic heterocycles. The number of hydrogen-bond donors (Lipinski definition) is 1. The number of nitrogens with zero attached hydrogens (tertiary/aromatic N) is 1. The minimum atomic E-state index is -0.311. The Morgan fingerprint density at radius 1 is 1.26 bits per heavy atom. The zero-order chi connectivity index (χ0) is 13.7. The van der Waals surface area contributed by atoms with Crippen LogP contribution in [0, 0.1) is 5.82 Å². The van der Waals surface area contributed by atoms with E-state index in [-0.39, 0.29) is 12.4 Å². The van der Waals surface area contributed by atoms with Crippen LogP contribution in [0.3, 0.4) is 0 Å². The van der Waals surface area contributed by atoms with Crippen LogP contribution in [0.25, 0.3) is 0 Å². The topological polar surface area (TPSA) is 41.8 Å². The van der Waals surface area contributed by atoms with Crippen LogP contribution < -0.4 is 4.74 Å². The molecule has 19 heavy (non-hydrogen) atoms. The Morgan fingerprint density at radius 3 is 2.84 bits per heavy atom. The van der Waals surface area contributed by atoms with Crippen molar-refractivity contribution in [1.82, 2.24) is 0 Å². The van der Waals surface area contributed by atoms with Crippen molar-refractivity contribution in [2.24, 2.45) is 5.16 Å². The summed E-state index contributed by atoms with van der Waals surface area (Å²) in [5.74, 6) is 0.195. The van der Waals surface area contributed by atoms with Gasteiger partial charge in [-0.15, -0.1) is 0 Å². The van der Waals surface area contributed by atoms with Gasteiger partial charge in [0.15, 0.2) is 0 Å². The highest BCUT2D eigenvalue weighted by Gasteiger charge is 2.04. The molecular weight excluding hydrogens is 269 g/mol. The third kappa shape index (κ3) is 3.69. The maximum atomic E-state index is 13.0. The van der Waals surface area contributed by atoms with E-state index in [9.17, 15) is 4.39 Å². The van der Waals surface area contributed by atoms with E-state index in [2.05, 4.69) is 5.16 Å². The summed E-state index contributed by atoms with van der Waals surface area (Å²) in [7, 11) is 0. The first-order valence-corrected chi connectivity index (χ1v) is 5.91. The molecule has 0 bridgehead atoms. The molecule has 0 aliphatic carbocycles. The van der Waals surface area contributed by atoms with Gasteiger partial charge >= 0.3 is 0 Å². The molecular formula is C14H11ClFNO2. The van der Waals surface area contributed by atoms with Gasteiger partial charge in [0, 0.05) is 10.6 Å². The summed E-state index contributed by atoms with van der Waals surface area (Å²) >= 11 is 5.84. The second-order valence-corrected chi connectivity index (χ2v) is 4.28. The molecule has 2 aromatic carbocycles. The summed E-state index contributed by atoms with van der Waals surface area (Å²) in [6.45, 7) is 0.214. The Balaban J connectivity index is 2.15. The fraction of sp³-hybridized carbons (Fsp3) is 0.0714. The highest BCUT2D eigenvalue weighted by molar-refractivity contribution is 6.30. The highest BCUT2D eigenvalue weighted by atomic mass is 35.5. The van der Waals surface area contributed by atoms with E-state index >= 15 is 0 Å². The van der Waals surface area contributed by atoms with Crippen LogP contribution in [-0.4, -0.2) is 11.4 Å². The van der Waals surface area contributed by atoms with Crippen molar-refractivity contribution in [3.05, 3.63) is 64.4 Å². The van der Waals surface area contributed by atoms with Gasteiger partial charge in [-0.2, -0.15) is 0 Å². The zero-order valence-electron chi connectivity index (χ0n) is 9.88. The van der Waals surface area contributed by atoms with Gasteiger partial charge in [0.1, 0.15) is 18.2 Å². The van der Waals surface area contributed by atoms with Gasteiger partial charge in [-0.05, 0) is 35.9 Å². The fourth-order valence-electron chi connectivity index (χ4n) is 1.60. The average Bonchev–Trinajstić information content (AvgIpc) is 2.38. The second-order valence-electron chi connectivity index (χ2n) is 3.85. The number of hydrogen-bond acceptors (Lipinski definition) is 3. The van der Waals surface area contributed by atoms with Crippen LogP contribution >= 0.6 is 11.6 Å². The van der Waals surface area contributed by atoms with Crippen molar-refractivity contribution >= 4 is 17.8 Å². The molecule has 0 unspecified atom stereocenters. The minimum absolute atomic E-state index is 0.214. The zero-order valence-corrected chi connectivity index (χ0v) is 10.6. The van der Waals surface area contributed by atoms with Crippen LogP contribution in [0.1, 0.15) is 11.1 Å². The van der Waals surface area contributed by atoms with Gasteiger partial charge in [0.05, 0.1) is 6.21 Å². The van der Waals surface area contributed by atoms with Crippen LogP contribution in [0.2, 0.25) is 5.02 Å². The molecule has 3 nitrogen and oxygen atoms in total. The van der Waals surface area contributed by atoms with Crippen LogP contribution in [0.15, 0.2) is 47.6 Å². The maximum Gasteiger partial charge on any atom is 0.128 e. The summed E-state index contributed by atoms with van der Waals surface area (Å²) in [4.78, 5) is 0. The normalized spacial score (nSPS) is 10.8. The second kappa shape index (κ2) is 6.20. The molecule has 1 N–H and O–H groups in total. The summed E-state index contributed by atoms with van der Waals surface area (Å²) in [6, 6.07) is 11.1. The van der Waals surface area contributed by atoms with Crippen molar-refractivity contribution in [3.8, 4) is 5.75 Å². The van der Waals surface area contributed by atoms with Crippen molar-refractivity contribution in [2.45, 2.75) is 6.61 Å². The number of rotatable bonds is 4. The quantitative estimate of drug-likeness (QED) is 0.524. The molecule has 2 rings (SSSR count). The first-order valence-electron chi connectivity index (χ1n) is 5.53. The van der Waals surface area contributed by atoms with Crippen molar-refractivity contribution in [2.75, 3.05) is 0 Å². The molecule has 2 aromatic rings. The Hall–Kier alpha value is -2.07. The molecule has 0 atom stereocenters. The third-order valence-corrected chi connectivity index (χ3v) is 2.69. The number of benzene rings is 2. The number of halogens is 2. The SMILES string of the molecule is O/N=C\c1cc(Cl)ccc1OCc1cccc(F)c1. The standard InChI is InChI=1S/C14H11ClFNO2/c15-12-4-5-14(11(7-12)8-17-18)19-9-10-2-1-3-13(16)6-10/h1-8,18H,9H2/b17-8-. The van der Waals surface area contributed by atoms with Gasteiger partial charge < -0.3 is 9.94 Å². The minimum Gasteiger partial charge on any atom is -0.488 e. The lowest BCUT2D eigenvalue weighted by Crippen LogP contribution is -1.99. The van der Waals surface area contributed by atoms with Gasteiger partial charge in [-0.1, -0.05) is 28.9 Å². The lowest BCUT2D eigenvalue weighted by Gasteiger charge is -2.09. The molecule has 0 saturated carbocycles. The van der Waals surface area contributed by atoms with E-state index in [0.29, 0.717) is 21.9 Å². The molecule has 0 radical (unpaired) electrons. The van der Waals surface area contributed by atoms with Gasteiger partial charge in [0.2, 0.25) is 0 Å². The average molecular weight is 280 g/mol. The van der Waals surface area contributed by atoms with Gasteiger partial charge in [-0.25, -0.2) is 4.39 Å². The first kappa shape index (κ1) is 13.4. The maximum absolute atomic E-state index is 13.0. The molecule has 98 valence electrons. The monoisotopic (exact) mass is 279 g/mol. The Labute approximate surface area is 114 Å². The summed E-state index contributed by atoms with van der Waals surface area (Å²) < 4.78 is 18.6. The highest BCUT2D eigenvalue weighted by Crippen LogP contribution is 2.22. The molecule has 5 heteroatoms. The summed E-state index contributed by atoms with van der Waals surface area (Å²) in [5.41, 5.74) is 1.26. The van der Waals surface area contributed by atoms with E-state index < -0.39 is 0 Å². The van der Waals surface area contributed by atoms with Crippen molar-refractivity contribution in [1.29, 1.82) is 0 Å². The number of oxime groups is 1. The number of ether oxygens (including phenoxy) is 1. The van der Waals surface area contributed by atoms with E-state index in [1.165, 1.54) is 18.3 Å². The molecule has 0 amide bonds. The van der Waals surface area contributed by atoms with E-state index in [1.807, 2.05) is 0 Å². The largest absolute Gasteiger partial charge is 0.488 e. The lowest BCUT2D eigenvalue weighted by molar-refractivity contribution is 0.303. The predicted molar refractivity (Wildman–Crippen MR) is 71.6 cm³/mol. The van der Waals surface area contributed by atoms with E-state index in [1.54, 1.807) is 30.3 Å². The van der Waals surface area contributed by atoms with Gasteiger partial charge in [-0.3, -0.25) is 0 Å². The molecule has 0 spiro atoms. The molecule has 0 aliphatic rings. The lowest BCUT2D eigenvalue weighted by atomic mass is 10.2. The van der Waals surface area contributed by atoms with E-state index in [0.717, 1.165) is 0 Å². The van der Waals surface area contributed by atoms with Crippen LogP contribution in [-0.2, 0) is 6.61 Å².